The maximum absolute atomic E-state index is 12.7. The van der Waals surface area contributed by atoms with E-state index in [-0.39, 0.29) is 12.5 Å². The summed E-state index contributed by atoms with van der Waals surface area (Å²) in [6.45, 7) is 0.266. The molecule has 2 heterocycles. The van der Waals surface area contributed by atoms with Gasteiger partial charge < -0.3 is 10.6 Å². The minimum Gasteiger partial charge on any atom is -0.346 e. The molecule has 2 N–H and O–H groups in total. The number of carbonyl (C=O) groups is 2. The normalized spacial score (nSPS) is 11.0. The second kappa shape index (κ2) is 8.25. The van der Waals surface area contributed by atoms with E-state index >= 15 is 0 Å². The van der Waals surface area contributed by atoms with E-state index in [1.54, 1.807) is 6.07 Å². The van der Waals surface area contributed by atoms with Gasteiger partial charge in [0.2, 0.25) is 6.41 Å². The zero-order chi connectivity index (χ0) is 21.2. The van der Waals surface area contributed by atoms with E-state index in [1.807, 2.05) is 54.6 Å². The van der Waals surface area contributed by atoms with Gasteiger partial charge in [-0.25, -0.2) is 9.97 Å². The van der Waals surface area contributed by atoms with Crippen LogP contribution in [0.2, 0.25) is 0 Å². The van der Waals surface area contributed by atoms with Crippen molar-refractivity contribution in [3.8, 4) is 10.6 Å². The lowest BCUT2D eigenvalue weighted by Gasteiger charge is -2.12. The Morgan fingerprint density at radius 1 is 0.968 bits per heavy atom. The third-order valence-electron chi connectivity index (χ3n) is 4.72. The topological polar surface area (TPSA) is 84.0 Å². The number of nitrogens with one attached hydrogen (secondary N) is 2. The van der Waals surface area contributed by atoms with Crippen molar-refractivity contribution in [2.45, 2.75) is 6.54 Å². The number of fused-ring (bicyclic) bond motifs is 2. The number of nitrogens with zero attached hydrogens (tertiary/aromatic N) is 2. The summed E-state index contributed by atoms with van der Waals surface area (Å²) in [5.74, 6) is -0.242. The van der Waals surface area contributed by atoms with Gasteiger partial charge in [-0.05, 0) is 29.8 Å². The number of thiazole rings is 2. The van der Waals surface area contributed by atoms with E-state index < -0.39 is 0 Å². The summed E-state index contributed by atoms with van der Waals surface area (Å²) in [6, 6.07) is 22.2. The van der Waals surface area contributed by atoms with Gasteiger partial charge in [-0.1, -0.05) is 36.4 Å². The first-order valence-electron chi connectivity index (χ1n) is 9.46. The molecule has 1 radical (unpaired) electrons. The first-order chi connectivity index (χ1) is 15.2. The van der Waals surface area contributed by atoms with Gasteiger partial charge in [0, 0.05) is 18.2 Å². The summed E-state index contributed by atoms with van der Waals surface area (Å²) in [7, 11) is 0. The molecular weight excluding hydrogens is 428 g/mol. The van der Waals surface area contributed by atoms with Crippen LogP contribution in [0.4, 0.5) is 5.69 Å². The van der Waals surface area contributed by atoms with Crippen LogP contribution in [0.15, 0.2) is 60.7 Å². The summed E-state index contributed by atoms with van der Waals surface area (Å²) in [5, 5.41) is 6.82. The summed E-state index contributed by atoms with van der Waals surface area (Å²) in [6.07, 6.45) is 0.617. The first kappa shape index (κ1) is 19.3. The molecule has 0 aliphatic heterocycles. The van der Waals surface area contributed by atoms with Gasteiger partial charge in [0.15, 0.2) is 5.01 Å². The Labute approximate surface area is 185 Å². The molecule has 0 spiro atoms. The van der Waals surface area contributed by atoms with Crippen molar-refractivity contribution in [2.24, 2.45) is 0 Å². The molecule has 6 nitrogen and oxygen atoms in total. The molecule has 3 aromatic carbocycles. The Bertz CT molecular complexity index is 1360. The Kier molecular flexibility index (Phi) is 5.15. The van der Waals surface area contributed by atoms with Crippen molar-refractivity contribution in [2.75, 3.05) is 5.32 Å². The van der Waals surface area contributed by atoms with Crippen LogP contribution in [0.25, 0.3) is 31.0 Å². The van der Waals surface area contributed by atoms with Crippen LogP contribution in [-0.4, -0.2) is 22.3 Å². The molecule has 0 unspecified atom stereocenters. The summed E-state index contributed by atoms with van der Waals surface area (Å²) in [5.41, 5.74) is 3.80. The number of hydrogen-bond donors (Lipinski definition) is 2. The quantitative estimate of drug-likeness (QED) is 0.367. The molecule has 8 heteroatoms. The maximum Gasteiger partial charge on any atom is 0.280 e. The lowest BCUT2D eigenvalue weighted by atomic mass is 10.1. The monoisotopic (exact) mass is 443 g/mol. The van der Waals surface area contributed by atoms with E-state index in [9.17, 15) is 9.59 Å². The zero-order valence-electron chi connectivity index (χ0n) is 16.1. The van der Waals surface area contributed by atoms with Crippen LogP contribution in [0.1, 0.15) is 15.4 Å². The van der Waals surface area contributed by atoms with Gasteiger partial charge in [0.1, 0.15) is 5.01 Å². The van der Waals surface area contributed by atoms with Gasteiger partial charge in [-0.2, -0.15) is 0 Å². The Balaban J connectivity index is 1.47. The Morgan fingerprint density at radius 2 is 1.68 bits per heavy atom. The number of benzene rings is 3. The highest BCUT2D eigenvalue weighted by Crippen LogP contribution is 2.36. The third-order valence-corrected chi connectivity index (χ3v) is 6.81. The third kappa shape index (κ3) is 3.78. The molecule has 31 heavy (non-hydrogen) atoms. The van der Waals surface area contributed by atoms with Crippen LogP contribution in [0, 0.1) is 6.07 Å². The van der Waals surface area contributed by atoms with Crippen LogP contribution in [-0.2, 0) is 11.3 Å². The molecule has 151 valence electrons. The molecule has 0 saturated heterocycles. The highest BCUT2D eigenvalue weighted by atomic mass is 32.1. The second-order valence-corrected chi connectivity index (χ2v) is 8.73. The molecule has 0 aliphatic carbocycles. The van der Waals surface area contributed by atoms with Gasteiger partial charge >= 0.3 is 0 Å². The van der Waals surface area contributed by atoms with E-state index in [0.717, 1.165) is 36.6 Å². The number of rotatable bonds is 6. The Hall–Kier alpha value is -3.62. The van der Waals surface area contributed by atoms with Crippen molar-refractivity contribution in [1.29, 1.82) is 0 Å². The van der Waals surface area contributed by atoms with Gasteiger partial charge in [-0.15, -0.1) is 22.7 Å². The zero-order valence-corrected chi connectivity index (χ0v) is 17.7. The number of anilines is 1. The van der Waals surface area contributed by atoms with Gasteiger partial charge in [0.25, 0.3) is 5.91 Å². The average Bonchev–Trinajstić information content (AvgIpc) is 3.42. The van der Waals surface area contributed by atoms with Crippen LogP contribution < -0.4 is 10.6 Å². The van der Waals surface area contributed by atoms with Crippen molar-refractivity contribution in [1.82, 2.24) is 15.3 Å². The second-order valence-electron chi connectivity index (χ2n) is 6.67. The van der Waals surface area contributed by atoms with E-state index in [1.165, 1.54) is 22.7 Å². The molecule has 0 bridgehead atoms. The highest BCUT2D eigenvalue weighted by molar-refractivity contribution is 7.21. The molecular formula is C23H15N4O2S2. The smallest absolute Gasteiger partial charge is 0.280 e. The average molecular weight is 444 g/mol. The van der Waals surface area contributed by atoms with Crippen molar-refractivity contribution in [3.05, 3.63) is 77.3 Å². The lowest BCUT2D eigenvalue weighted by Crippen LogP contribution is -2.23. The first-order valence-corrected chi connectivity index (χ1v) is 11.1. The fourth-order valence-electron chi connectivity index (χ4n) is 3.31. The predicted octanol–water partition coefficient (Wildman–Crippen LogP) is 4.87. The lowest BCUT2D eigenvalue weighted by molar-refractivity contribution is -0.105. The van der Waals surface area contributed by atoms with Gasteiger partial charge in [0.05, 0.1) is 26.1 Å². The SMILES string of the molecule is O=CNc1[c]ccc(CNC(=O)c2nc3ccccc3s2)c1-c1nc2ccccc2s1. The number of para-hydroxylation sites is 2. The number of carbonyl (C=O) groups excluding carboxylic acids is 2. The highest BCUT2D eigenvalue weighted by Gasteiger charge is 2.17. The molecule has 0 aliphatic rings. The van der Waals surface area contributed by atoms with Crippen molar-refractivity contribution >= 4 is 61.1 Å². The van der Waals surface area contributed by atoms with E-state index in [2.05, 4.69) is 21.7 Å². The van der Waals surface area contributed by atoms with Crippen LogP contribution in [0.3, 0.4) is 0 Å². The summed E-state index contributed by atoms with van der Waals surface area (Å²) < 4.78 is 2.01. The molecule has 0 fully saturated rings. The number of amides is 2. The molecule has 5 aromatic rings. The van der Waals surface area contributed by atoms with Crippen LogP contribution >= 0.6 is 22.7 Å². The molecule has 0 atom stereocenters. The number of aromatic nitrogens is 2. The summed E-state index contributed by atoms with van der Waals surface area (Å²) in [4.78, 5) is 33.0. The minimum atomic E-state index is -0.242. The van der Waals surface area contributed by atoms with Crippen molar-refractivity contribution in [3.63, 3.8) is 0 Å². The van der Waals surface area contributed by atoms with Gasteiger partial charge in [-0.3, -0.25) is 9.59 Å². The number of hydrogen-bond acceptors (Lipinski definition) is 6. The largest absolute Gasteiger partial charge is 0.346 e. The fourth-order valence-corrected chi connectivity index (χ4v) is 5.24. The van der Waals surface area contributed by atoms with E-state index in [0.29, 0.717) is 17.1 Å². The molecule has 2 amide bonds. The predicted molar refractivity (Wildman–Crippen MR) is 124 cm³/mol. The maximum atomic E-state index is 12.7. The summed E-state index contributed by atoms with van der Waals surface area (Å²) >= 11 is 2.89. The standard InChI is InChI=1S/C23H15N4O2S2/c28-13-25-17-9-5-6-14(20(17)22-26-15-7-1-3-10-18(15)30-22)12-24-21(29)23-27-16-8-2-4-11-19(16)31-23/h1-8,10-11,13H,12H2,(H,24,29)(H,25,28). The molecule has 2 aromatic heterocycles. The van der Waals surface area contributed by atoms with Crippen molar-refractivity contribution < 1.29 is 9.59 Å². The minimum absolute atomic E-state index is 0.242. The van der Waals surface area contributed by atoms with Crippen LogP contribution in [0.5, 0.6) is 0 Å². The molecule has 5 rings (SSSR count). The fraction of sp³-hybridized carbons (Fsp3) is 0.0435. The Morgan fingerprint density at radius 3 is 2.39 bits per heavy atom. The molecule has 0 saturated carbocycles. The van der Waals surface area contributed by atoms with E-state index in [4.69, 9.17) is 4.98 Å².